The van der Waals surface area contributed by atoms with E-state index in [1.165, 1.54) is 0 Å². The smallest absolute Gasteiger partial charge is 0.249 e. The van der Waals surface area contributed by atoms with E-state index in [2.05, 4.69) is 17.4 Å². The van der Waals surface area contributed by atoms with Crippen LogP contribution < -0.4 is 11.1 Å². The van der Waals surface area contributed by atoms with E-state index in [1.54, 1.807) is 0 Å². The van der Waals surface area contributed by atoms with E-state index >= 15 is 0 Å². The van der Waals surface area contributed by atoms with Gasteiger partial charge in [0.2, 0.25) is 5.91 Å². The maximum Gasteiger partial charge on any atom is 0.249 e. The topological polar surface area (TPSA) is 82.8 Å². The summed E-state index contributed by atoms with van der Waals surface area (Å²) in [6.45, 7) is 3.13. The minimum absolute atomic E-state index is 0. The molecular weight excluding hydrogens is 356 g/mol. The van der Waals surface area contributed by atoms with Gasteiger partial charge in [-0.2, -0.15) is 0 Å². The van der Waals surface area contributed by atoms with Crippen LogP contribution in [0.3, 0.4) is 0 Å². The highest BCUT2D eigenvalue weighted by Crippen LogP contribution is 2.19. The third-order valence-corrected chi connectivity index (χ3v) is 4.78. The van der Waals surface area contributed by atoms with Gasteiger partial charge in [-0.3, -0.25) is 4.79 Å². The molecule has 2 aliphatic rings. The Labute approximate surface area is 161 Å². The number of benzene rings is 1. The fraction of sp³-hybridized carbons (Fsp3) is 0.632. The van der Waals surface area contributed by atoms with Gasteiger partial charge in [0, 0.05) is 26.3 Å². The van der Waals surface area contributed by atoms with E-state index in [-0.39, 0.29) is 36.6 Å². The van der Waals surface area contributed by atoms with Crippen LogP contribution in [-0.2, 0) is 32.2 Å². The molecule has 1 aromatic carbocycles. The number of carbonyl (C=O) groups is 1. The van der Waals surface area contributed by atoms with E-state index in [1.807, 2.05) is 12.1 Å². The number of rotatable bonds is 7. The highest BCUT2D eigenvalue weighted by molar-refractivity contribution is 5.85. The largest absolute Gasteiger partial charge is 0.381 e. The molecule has 0 bridgehead atoms. The van der Waals surface area contributed by atoms with Crippen molar-refractivity contribution >= 4 is 18.3 Å². The van der Waals surface area contributed by atoms with Crippen LogP contribution in [0.25, 0.3) is 0 Å². The maximum atomic E-state index is 12.2. The molecule has 26 heavy (non-hydrogen) atoms. The first-order valence-corrected chi connectivity index (χ1v) is 9.15. The molecule has 2 heterocycles. The Kier molecular flexibility index (Phi) is 8.81. The van der Waals surface area contributed by atoms with Crippen LogP contribution in [0.1, 0.15) is 36.8 Å². The number of carbonyl (C=O) groups excluding carboxylic acids is 1. The zero-order chi connectivity index (χ0) is 17.5. The zero-order valence-corrected chi connectivity index (χ0v) is 15.8. The second kappa shape index (κ2) is 10.8. The summed E-state index contributed by atoms with van der Waals surface area (Å²) in [6, 6.07) is 8.14. The van der Waals surface area contributed by atoms with Gasteiger partial charge in [-0.05, 0) is 36.8 Å². The highest BCUT2D eigenvalue weighted by atomic mass is 35.5. The van der Waals surface area contributed by atoms with Crippen molar-refractivity contribution in [2.75, 3.05) is 19.8 Å². The van der Waals surface area contributed by atoms with Crippen LogP contribution in [0.5, 0.6) is 0 Å². The quantitative estimate of drug-likeness (QED) is 0.750. The summed E-state index contributed by atoms with van der Waals surface area (Å²) >= 11 is 0. The van der Waals surface area contributed by atoms with E-state index in [4.69, 9.17) is 19.9 Å². The first-order chi connectivity index (χ1) is 12.2. The number of ether oxygens (including phenoxy) is 3. The average molecular weight is 385 g/mol. The minimum Gasteiger partial charge on any atom is -0.381 e. The number of hydrogen-bond donors (Lipinski definition) is 2. The fourth-order valence-electron chi connectivity index (χ4n) is 3.26. The third-order valence-electron chi connectivity index (χ3n) is 4.78. The second-order valence-corrected chi connectivity index (χ2v) is 6.72. The van der Waals surface area contributed by atoms with Crippen molar-refractivity contribution in [1.82, 2.24) is 5.32 Å². The molecule has 0 radical (unpaired) electrons. The second-order valence-electron chi connectivity index (χ2n) is 6.72. The Morgan fingerprint density at radius 3 is 2.69 bits per heavy atom. The summed E-state index contributed by atoms with van der Waals surface area (Å²) in [7, 11) is 0. The van der Waals surface area contributed by atoms with Crippen molar-refractivity contribution in [3.63, 3.8) is 0 Å². The van der Waals surface area contributed by atoms with E-state index in [9.17, 15) is 4.79 Å². The minimum atomic E-state index is -0.367. The Morgan fingerprint density at radius 2 is 1.96 bits per heavy atom. The summed E-state index contributed by atoms with van der Waals surface area (Å²) in [6.07, 6.45) is 3.45. The van der Waals surface area contributed by atoms with Crippen molar-refractivity contribution in [3.8, 4) is 0 Å². The van der Waals surface area contributed by atoms with E-state index in [0.717, 1.165) is 50.0 Å². The van der Waals surface area contributed by atoms with E-state index < -0.39 is 0 Å². The lowest BCUT2D eigenvalue weighted by Gasteiger charge is -2.22. The lowest BCUT2D eigenvalue weighted by Crippen LogP contribution is -2.35. The van der Waals surface area contributed by atoms with Gasteiger partial charge >= 0.3 is 0 Å². The van der Waals surface area contributed by atoms with Gasteiger partial charge < -0.3 is 25.3 Å². The Hall–Kier alpha value is -1.18. The number of nitrogens with one attached hydrogen (secondary N) is 1. The number of nitrogens with two attached hydrogens (primary N) is 1. The molecule has 6 nitrogen and oxygen atoms in total. The molecule has 0 unspecified atom stereocenters. The molecule has 2 fully saturated rings. The first-order valence-electron chi connectivity index (χ1n) is 9.15. The zero-order valence-electron chi connectivity index (χ0n) is 15.0. The Balaban J connectivity index is 0.00000243. The van der Waals surface area contributed by atoms with Crippen LogP contribution in [0, 0.1) is 0 Å². The lowest BCUT2D eigenvalue weighted by molar-refractivity contribution is -0.132. The predicted octanol–water partition coefficient (Wildman–Crippen LogP) is 1.93. The molecule has 3 N–H and O–H groups in total. The van der Waals surface area contributed by atoms with Gasteiger partial charge in [-0.25, -0.2) is 0 Å². The Bertz CT molecular complexity index is 566. The van der Waals surface area contributed by atoms with Crippen molar-refractivity contribution in [1.29, 1.82) is 0 Å². The molecule has 146 valence electrons. The summed E-state index contributed by atoms with van der Waals surface area (Å²) in [5.74, 6) is -0.0557. The molecule has 0 saturated carbocycles. The molecule has 7 heteroatoms. The lowest BCUT2D eigenvalue weighted by atomic mass is 10.1. The van der Waals surface area contributed by atoms with Crippen molar-refractivity contribution in [2.45, 2.75) is 57.1 Å². The highest BCUT2D eigenvalue weighted by Gasteiger charge is 2.29. The van der Waals surface area contributed by atoms with Gasteiger partial charge in [-0.1, -0.05) is 24.3 Å². The van der Waals surface area contributed by atoms with Crippen LogP contribution >= 0.6 is 12.4 Å². The van der Waals surface area contributed by atoms with Crippen molar-refractivity contribution in [2.24, 2.45) is 5.73 Å². The third kappa shape index (κ3) is 6.21. The summed E-state index contributed by atoms with van der Waals surface area (Å²) in [5.41, 5.74) is 7.77. The molecule has 3 rings (SSSR count). The first kappa shape index (κ1) is 21.1. The number of amides is 1. The van der Waals surface area contributed by atoms with Gasteiger partial charge in [0.1, 0.15) is 6.10 Å². The monoisotopic (exact) mass is 384 g/mol. The van der Waals surface area contributed by atoms with Crippen molar-refractivity contribution in [3.05, 3.63) is 35.4 Å². The molecule has 2 atom stereocenters. The number of halogens is 1. The fourth-order valence-corrected chi connectivity index (χ4v) is 3.26. The molecule has 2 saturated heterocycles. The SMILES string of the molecule is Cl.NC[C@H]1CC[C@@H](C(=O)NCc2cccc(COC3CCOCC3)c2)O1. The Morgan fingerprint density at radius 1 is 1.19 bits per heavy atom. The summed E-state index contributed by atoms with van der Waals surface area (Å²) in [5, 5.41) is 2.96. The predicted molar refractivity (Wildman–Crippen MR) is 101 cm³/mol. The molecule has 0 spiro atoms. The van der Waals surface area contributed by atoms with Crippen LogP contribution in [0.4, 0.5) is 0 Å². The molecule has 0 aliphatic carbocycles. The molecule has 0 aromatic heterocycles. The van der Waals surface area contributed by atoms with Gasteiger partial charge in [0.15, 0.2) is 0 Å². The van der Waals surface area contributed by atoms with Crippen LogP contribution in [-0.4, -0.2) is 44.0 Å². The molecule has 1 aromatic rings. The van der Waals surface area contributed by atoms with Gasteiger partial charge in [0.25, 0.3) is 0 Å². The van der Waals surface area contributed by atoms with Gasteiger partial charge in [-0.15, -0.1) is 12.4 Å². The molecule has 2 aliphatic heterocycles. The van der Waals surface area contributed by atoms with Gasteiger partial charge in [0.05, 0.1) is 18.8 Å². The van der Waals surface area contributed by atoms with Crippen LogP contribution in [0.15, 0.2) is 24.3 Å². The van der Waals surface area contributed by atoms with Crippen molar-refractivity contribution < 1.29 is 19.0 Å². The normalized spacial score (nSPS) is 23.4. The van der Waals surface area contributed by atoms with E-state index in [0.29, 0.717) is 19.7 Å². The maximum absolute atomic E-state index is 12.2. The average Bonchev–Trinajstić information content (AvgIpc) is 3.15. The summed E-state index contributed by atoms with van der Waals surface area (Å²) in [4.78, 5) is 12.2. The molecular formula is C19H29ClN2O4. The molecule has 1 amide bonds. The standard InChI is InChI=1S/C19H28N2O4.ClH/c20-11-17-4-5-18(25-17)19(22)21-12-14-2-1-3-15(10-14)13-24-16-6-8-23-9-7-16;/h1-3,10,16-18H,4-9,11-13,20H2,(H,21,22);1H/t17-,18+;/m1./s1. The number of hydrogen-bond acceptors (Lipinski definition) is 5. The summed E-state index contributed by atoms with van der Waals surface area (Å²) < 4.78 is 16.9. The van der Waals surface area contributed by atoms with Crippen LogP contribution in [0.2, 0.25) is 0 Å².